The van der Waals surface area contributed by atoms with Crippen LogP contribution in [0.3, 0.4) is 0 Å². The number of para-hydroxylation sites is 1. The Kier molecular flexibility index (Phi) is 4.99. The molecule has 4 nitrogen and oxygen atoms in total. The maximum absolute atomic E-state index is 13.5. The Balaban J connectivity index is 1.99. The van der Waals surface area contributed by atoms with Crippen LogP contribution in [0.2, 0.25) is 5.15 Å². The Morgan fingerprint density at radius 2 is 1.92 bits per heavy atom. The first kappa shape index (κ1) is 18.0. The first-order valence-corrected chi connectivity index (χ1v) is 7.93. The van der Waals surface area contributed by atoms with Gasteiger partial charge < -0.3 is 5.32 Å². The zero-order valence-electron chi connectivity index (χ0n) is 13.6. The number of carbonyl (C=O) groups excluding carboxylic acids is 1. The zero-order chi connectivity index (χ0) is 18.8. The van der Waals surface area contributed by atoms with E-state index in [2.05, 4.69) is 10.4 Å². The maximum atomic E-state index is 13.5. The van der Waals surface area contributed by atoms with Gasteiger partial charge in [0.2, 0.25) is 0 Å². The standard InChI is InChI=1S/C18H13ClF3N3O/c1-25-15(9-20)16(17(19)24-25)18(26)23-14-5-3-2-4-11(14)10-6-7-12(21)13(22)8-10/h2-8H,9H2,1H3,(H,23,26). The van der Waals surface area contributed by atoms with Crippen LogP contribution in [0.1, 0.15) is 16.1 Å². The number of alkyl halides is 1. The molecular formula is C18H13ClF3N3O. The number of rotatable bonds is 4. The Labute approximate surface area is 152 Å². The second-order valence-electron chi connectivity index (χ2n) is 5.50. The van der Waals surface area contributed by atoms with Crippen LogP contribution in [0.5, 0.6) is 0 Å². The number of benzene rings is 2. The van der Waals surface area contributed by atoms with E-state index in [-0.39, 0.29) is 16.4 Å². The van der Waals surface area contributed by atoms with Crippen molar-refractivity contribution < 1.29 is 18.0 Å². The van der Waals surface area contributed by atoms with Crippen LogP contribution < -0.4 is 5.32 Å². The predicted octanol–water partition coefficient (Wildman–Crippen LogP) is 4.74. The molecule has 26 heavy (non-hydrogen) atoms. The summed E-state index contributed by atoms with van der Waals surface area (Å²) in [5.74, 6) is -2.62. The fourth-order valence-corrected chi connectivity index (χ4v) is 2.90. The number of hydrogen-bond acceptors (Lipinski definition) is 2. The van der Waals surface area contributed by atoms with Crippen molar-refractivity contribution in [2.45, 2.75) is 6.67 Å². The van der Waals surface area contributed by atoms with Gasteiger partial charge in [0.1, 0.15) is 12.2 Å². The minimum absolute atomic E-state index is 0.0396. The molecule has 0 radical (unpaired) electrons. The first-order chi connectivity index (χ1) is 12.4. The van der Waals surface area contributed by atoms with Gasteiger partial charge in [0.05, 0.1) is 5.69 Å². The van der Waals surface area contributed by atoms with E-state index in [1.54, 1.807) is 24.3 Å². The lowest BCUT2D eigenvalue weighted by atomic mass is 10.0. The highest BCUT2D eigenvalue weighted by molar-refractivity contribution is 6.33. The van der Waals surface area contributed by atoms with Gasteiger partial charge in [0, 0.05) is 18.3 Å². The minimum Gasteiger partial charge on any atom is -0.321 e. The topological polar surface area (TPSA) is 46.9 Å². The summed E-state index contributed by atoms with van der Waals surface area (Å²) >= 11 is 5.93. The third-order valence-electron chi connectivity index (χ3n) is 3.88. The highest BCUT2D eigenvalue weighted by Gasteiger charge is 2.22. The molecule has 0 aliphatic carbocycles. The summed E-state index contributed by atoms with van der Waals surface area (Å²) in [6, 6.07) is 10.0. The number of nitrogens with zero attached hydrogens (tertiary/aromatic N) is 2. The monoisotopic (exact) mass is 379 g/mol. The summed E-state index contributed by atoms with van der Waals surface area (Å²) in [4.78, 5) is 12.6. The lowest BCUT2D eigenvalue weighted by Crippen LogP contribution is -2.15. The van der Waals surface area contributed by atoms with E-state index in [9.17, 15) is 18.0 Å². The minimum atomic E-state index is -1.00. The van der Waals surface area contributed by atoms with Crippen molar-refractivity contribution >= 4 is 23.2 Å². The number of halogens is 4. The van der Waals surface area contributed by atoms with E-state index in [1.807, 2.05) is 0 Å². The number of anilines is 1. The van der Waals surface area contributed by atoms with Crippen LogP contribution in [-0.4, -0.2) is 15.7 Å². The Hall–Kier alpha value is -2.80. The molecule has 0 fully saturated rings. The highest BCUT2D eigenvalue weighted by Crippen LogP contribution is 2.30. The Morgan fingerprint density at radius 1 is 1.19 bits per heavy atom. The summed E-state index contributed by atoms with van der Waals surface area (Å²) in [6.45, 7) is -0.913. The van der Waals surface area contributed by atoms with Gasteiger partial charge in [-0.1, -0.05) is 35.9 Å². The van der Waals surface area contributed by atoms with Crippen molar-refractivity contribution in [3.63, 3.8) is 0 Å². The van der Waals surface area contributed by atoms with E-state index in [0.29, 0.717) is 16.8 Å². The molecule has 0 unspecified atom stereocenters. The molecule has 0 saturated heterocycles. The van der Waals surface area contributed by atoms with Gasteiger partial charge in [-0.15, -0.1) is 0 Å². The molecule has 0 aliphatic heterocycles. The third kappa shape index (κ3) is 3.30. The molecule has 8 heteroatoms. The summed E-state index contributed by atoms with van der Waals surface area (Å²) in [5, 5.41) is 6.34. The number of hydrogen-bond donors (Lipinski definition) is 1. The molecule has 1 heterocycles. The van der Waals surface area contributed by atoms with Crippen molar-refractivity contribution in [2.24, 2.45) is 7.05 Å². The number of aryl methyl sites for hydroxylation is 1. The molecule has 0 spiro atoms. The Bertz CT molecular complexity index is 988. The fraction of sp³-hybridized carbons (Fsp3) is 0.111. The van der Waals surface area contributed by atoms with Gasteiger partial charge in [-0.25, -0.2) is 13.2 Å². The van der Waals surface area contributed by atoms with E-state index < -0.39 is 24.2 Å². The van der Waals surface area contributed by atoms with Crippen LogP contribution >= 0.6 is 11.6 Å². The van der Waals surface area contributed by atoms with Gasteiger partial charge in [-0.3, -0.25) is 9.48 Å². The van der Waals surface area contributed by atoms with Gasteiger partial charge in [-0.05, 0) is 23.8 Å². The number of amides is 1. The van der Waals surface area contributed by atoms with Crippen molar-refractivity contribution in [3.8, 4) is 11.1 Å². The summed E-state index contributed by atoms with van der Waals surface area (Å²) in [7, 11) is 1.48. The molecular weight excluding hydrogens is 367 g/mol. The average molecular weight is 380 g/mol. The van der Waals surface area contributed by atoms with Crippen molar-refractivity contribution in [3.05, 3.63) is 70.5 Å². The van der Waals surface area contributed by atoms with Crippen molar-refractivity contribution in [2.75, 3.05) is 5.32 Å². The van der Waals surface area contributed by atoms with Crippen LogP contribution in [0, 0.1) is 11.6 Å². The van der Waals surface area contributed by atoms with Gasteiger partial charge in [-0.2, -0.15) is 5.10 Å². The molecule has 1 N–H and O–H groups in total. The van der Waals surface area contributed by atoms with Gasteiger partial charge in [0.25, 0.3) is 5.91 Å². The summed E-state index contributed by atoms with van der Waals surface area (Å²) < 4.78 is 41.1. The second-order valence-corrected chi connectivity index (χ2v) is 5.86. The van der Waals surface area contributed by atoms with Crippen LogP contribution in [0.25, 0.3) is 11.1 Å². The molecule has 0 aliphatic rings. The van der Waals surface area contributed by atoms with Crippen molar-refractivity contribution in [1.82, 2.24) is 9.78 Å². The SMILES string of the molecule is Cn1nc(Cl)c(C(=O)Nc2ccccc2-c2ccc(F)c(F)c2)c1CF. The smallest absolute Gasteiger partial charge is 0.260 e. The molecule has 0 bridgehead atoms. The number of nitrogens with one attached hydrogen (secondary N) is 1. The quantitative estimate of drug-likeness (QED) is 0.711. The molecule has 0 atom stereocenters. The normalized spacial score (nSPS) is 10.8. The highest BCUT2D eigenvalue weighted by atomic mass is 35.5. The fourth-order valence-electron chi connectivity index (χ4n) is 2.59. The lowest BCUT2D eigenvalue weighted by Gasteiger charge is -2.12. The van der Waals surface area contributed by atoms with Crippen LogP contribution in [0.4, 0.5) is 18.9 Å². The number of aromatic nitrogens is 2. The molecule has 1 aromatic heterocycles. The molecule has 0 saturated carbocycles. The predicted molar refractivity (Wildman–Crippen MR) is 92.8 cm³/mol. The lowest BCUT2D eigenvalue weighted by molar-refractivity contribution is 0.102. The van der Waals surface area contributed by atoms with Gasteiger partial charge >= 0.3 is 0 Å². The van der Waals surface area contributed by atoms with Gasteiger partial charge in [0.15, 0.2) is 16.8 Å². The van der Waals surface area contributed by atoms with Crippen LogP contribution in [0.15, 0.2) is 42.5 Å². The number of carbonyl (C=O) groups is 1. The molecule has 134 valence electrons. The Morgan fingerprint density at radius 3 is 2.62 bits per heavy atom. The molecule has 3 rings (SSSR count). The molecule has 1 amide bonds. The van der Waals surface area contributed by atoms with Crippen molar-refractivity contribution in [1.29, 1.82) is 0 Å². The van der Waals surface area contributed by atoms with Crippen LogP contribution in [-0.2, 0) is 13.7 Å². The zero-order valence-corrected chi connectivity index (χ0v) is 14.3. The van der Waals surface area contributed by atoms with E-state index in [1.165, 1.54) is 17.8 Å². The summed E-state index contributed by atoms with van der Waals surface area (Å²) in [5.41, 5.74) is 1.16. The molecule has 3 aromatic rings. The van der Waals surface area contributed by atoms with E-state index in [4.69, 9.17) is 11.6 Å². The van der Waals surface area contributed by atoms with E-state index in [0.717, 1.165) is 12.1 Å². The third-order valence-corrected chi connectivity index (χ3v) is 4.15. The molecule has 2 aromatic carbocycles. The summed E-state index contributed by atoms with van der Waals surface area (Å²) in [6.07, 6.45) is 0. The van der Waals surface area contributed by atoms with E-state index >= 15 is 0 Å². The largest absolute Gasteiger partial charge is 0.321 e. The second kappa shape index (κ2) is 7.21. The first-order valence-electron chi connectivity index (χ1n) is 7.55. The maximum Gasteiger partial charge on any atom is 0.260 e. The average Bonchev–Trinajstić information content (AvgIpc) is 2.91.